The molecular formula is C31H32N6O3. The number of carbonyl (C=O) groups is 2. The molecule has 204 valence electrons. The topological polar surface area (TPSA) is 113 Å². The number of esters is 1. The van der Waals surface area contributed by atoms with Gasteiger partial charge in [0.25, 0.3) is 0 Å². The molecule has 0 unspecified atom stereocenters. The standard InChI is InChI=1S/C31H32N6O3/c1-31(2,3)30(39)40-20-37-19-27(22-11-12-33-25(15-22)17-32)26-16-23(18-34-29(26)37)21-8-6-9-24(14-21)35-28(38)10-7-13-36(4)5/h6-12,14-16,18-19H,13,20H2,1-5H3,(H,35,38). The van der Waals surface area contributed by atoms with Crippen molar-refractivity contribution in [1.82, 2.24) is 19.4 Å². The minimum Gasteiger partial charge on any atom is -0.443 e. The zero-order chi connectivity index (χ0) is 28.9. The molecule has 0 aliphatic rings. The normalized spacial score (nSPS) is 11.6. The molecule has 3 heterocycles. The largest absolute Gasteiger partial charge is 0.443 e. The number of pyridine rings is 2. The molecule has 0 fully saturated rings. The van der Waals surface area contributed by atoms with Gasteiger partial charge in [-0.3, -0.25) is 14.2 Å². The highest BCUT2D eigenvalue weighted by molar-refractivity contribution is 6.00. The van der Waals surface area contributed by atoms with Crippen molar-refractivity contribution in [2.45, 2.75) is 27.5 Å². The Bertz CT molecular complexity index is 1620. The first-order valence-electron chi connectivity index (χ1n) is 12.8. The Morgan fingerprint density at radius 3 is 2.62 bits per heavy atom. The number of nitriles is 1. The number of rotatable bonds is 8. The van der Waals surface area contributed by atoms with Gasteiger partial charge in [-0.15, -0.1) is 0 Å². The van der Waals surface area contributed by atoms with Crippen molar-refractivity contribution in [3.05, 3.63) is 78.9 Å². The summed E-state index contributed by atoms with van der Waals surface area (Å²) >= 11 is 0. The maximum atomic E-state index is 12.4. The van der Waals surface area contributed by atoms with E-state index in [1.807, 2.05) is 61.6 Å². The summed E-state index contributed by atoms with van der Waals surface area (Å²) in [7, 11) is 3.87. The van der Waals surface area contributed by atoms with E-state index in [1.54, 1.807) is 49.9 Å². The summed E-state index contributed by atoms with van der Waals surface area (Å²) in [6.45, 7) is 6.07. The van der Waals surface area contributed by atoms with Crippen LogP contribution in [0.5, 0.6) is 0 Å². The zero-order valence-corrected chi connectivity index (χ0v) is 23.3. The van der Waals surface area contributed by atoms with Gasteiger partial charge in [0.1, 0.15) is 17.4 Å². The van der Waals surface area contributed by atoms with E-state index in [9.17, 15) is 14.9 Å². The van der Waals surface area contributed by atoms with Crippen LogP contribution in [0.4, 0.5) is 5.69 Å². The summed E-state index contributed by atoms with van der Waals surface area (Å²) in [5.41, 5.74) is 4.28. The van der Waals surface area contributed by atoms with E-state index in [1.165, 1.54) is 6.08 Å². The van der Waals surface area contributed by atoms with E-state index >= 15 is 0 Å². The number of benzene rings is 1. The molecule has 0 saturated carbocycles. The number of likely N-dealkylation sites (N-methyl/N-ethyl adjacent to an activating group) is 1. The van der Waals surface area contributed by atoms with E-state index in [0.29, 0.717) is 23.6 Å². The van der Waals surface area contributed by atoms with Gasteiger partial charge in [0.2, 0.25) is 5.91 Å². The average molecular weight is 537 g/mol. The molecule has 1 aromatic carbocycles. The lowest BCUT2D eigenvalue weighted by molar-refractivity contribution is -0.156. The minimum absolute atomic E-state index is 0.00199. The molecule has 4 aromatic rings. The minimum atomic E-state index is -0.637. The number of nitrogens with zero attached hydrogens (tertiary/aromatic N) is 5. The van der Waals surface area contributed by atoms with Gasteiger partial charge in [0.05, 0.1) is 5.41 Å². The number of ether oxygens (including phenoxy) is 1. The van der Waals surface area contributed by atoms with E-state index in [2.05, 4.69) is 16.4 Å². The maximum Gasteiger partial charge on any atom is 0.312 e. The van der Waals surface area contributed by atoms with Crippen LogP contribution in [0, 0.1) is 16.7 Å². The Labute approximate surface area is 233 Å². The van der Waals surface area contributed by atoms with Crippen molar-refractivity contribution in [2.75, 3.05) is 26.0 Å². The fourth-order valence-electron chi connectivity index (χ4n) is 3.99. The molecule has 0 bridgehead atoms. The van der Waals surface area contributed by atoms with Gasteiger partial charge in [-0.05, 0) is 76.3 Å². The van der Waals surface area contributed by atoms with Crippen LogP contribution >= 0.6 is 0 Å². The molecule has 0 saturated heterocycles. The zero-order valence-electron chi connectivity index (χ0n) is 23.3. The number of amides is 1. The molecular weight excluding hydrogens is 504 g/mol. The summed E-state index contributed by atoms with van der Waals surface area (Å²) in [4.78, 5) is 35.6. The van der Waals surface area contributed by atoms with Gasteiger partial charge in [-0.25, -0.2) is 9.97 Å². The monoisotopic (exact) mass is 536 g/mol. The van der Waals surface area contributed by atoms with Gasteiger partial charge >= 0.3 is 5.97 Å². The van der Waals surface area contributed by atoms with Crippen LogP contribution in [0.3, 0.4) is 0 Å². The molecule has 1 N–H and O–H groups in total. The Morgan fingerprint density at radius 1 is 1.10 bits per heavy atom. The second-order valence-corrected chi connectivity index (χ2v) is 10.7. The summed E-state index contributed by atoms with van der Waals surface area (Å²) in [6, 6.07) is 15.2. The molecule has 0 radical (unpaired) electrons. The smallest absolute Gasteiger partial charge is 0.312 e. The molecule has 40 heavy (non-hydrogen) atoms. The predicted octanol–water partition coefficient (Wildman–Crippen LogP) is 5.24. The van der Waals surface area contributed by atoms with Crippen molar-refractivity contribution in [1.29, 1.82) is 5.26 Å². The van der Waals surface area contributed by atoms with Gasteiger partial charge in [0.15, 0.2) is 6.73 Å². The number of anilines is 1. The fraction of sp³-hybridized carbons (Fsp3) is 0.258. The molecule has 0 aliphatic heterocycles. The highest BCUT2D eigenvalue weighted by Crippen LogP contribution is 2.33. The molecule has 3 aromatic heterocycles. The van der Waals surface area contributed by atoms with E-state index in [-0.39, 0.29) is 18.6 Å². The van der Waals surface area contributed by atoms with Crippen LogP contribution in [0.1, 0.15) is 26.5 Å². The fourth-order valence-corrected chi connectivity index (χ4v) is 3.99. The highest BCUT2D eigenvalue weighted by Gasteiger charge is 2.23. The van der Waals surface area contributed by atoms with Crippen molar-refractivity contribution in [3.8, 4) is 28.3 Å². The highest BCUT2D eigenvalue weighted by atomic mass is 16.5. The SMILES string of the molecule is CN(C)CC=CC(=O)Nc1cccc(-c2cnc3c(c2)c(-c2ccnc(C#N)c2)cn3COC(=O)C(C)(C)C)c1. The van der Waals surface area contributed by atoms with Gasteiger partial charge in [0, 0.05) is 53.4 Å². The molecule has 0 atom stereocenters. The summed E-state index contributed by atoms with van der Waals surface area (Å²) in [5.74, 6) is -0.527. The van der Waals surface area contributed by atoms with Gasteiger partial charge in [-0.2, -0.15) is 5.26 Å². The number of carbonyl (C=O) groups excluding carboxylic acids is 2. The van der Waals surface area contributed by atoms with Gasteiger partial charge < -0.3 is 15.0 Å². The molecule has 9 heteroatoms. The third-order valence-corrected chi connectivity index (χ3v) is 6.05. The number of nitrogens with one attached hydrogen (secondary N) is 1. The first kappa shape index (κ1) is 28.2. The van der Waals surface area contributed by atoms with Crippen LogP contribution in [0.25, 0.3) is 33.3 Å². The Hall–Kier alpha value is -4.81. The molecule has 0 aliphatic carbocycles. The Balaban J connectivity index is 1.71. The van der Waals surface area contributed by atoms with E-state index in [4.69, 9.17) is 9.72 Å². The summed E-state index contributed by atoms with van der Waals surface area (Å²) in [6.07, 6.45) is 8.53. The van der Waals surface area contributed by atoms with Crippen LogP contribution in [-0.4, -0.2) is 52.0 Å². The second-order valence-electron chi connectivity index (χ2n) is 10.7. The first-order valence-corrected chi connectivity index (χ1v) is 12.8. The lowest BCUT2D eigenvalue weighted by Crippen LogP contribution is -2.23. The Morgan fingerprint density at radius 2 is 1.90 bits per heavy atom. The van der Waals surface area contributed by atoms with Crippen molar-refractivity contribution in [3.63, 3.8) is 0 Å². The molecule has 9 nitrogen and oxygen atoms in total. The van der Waals surface area contributed by atoms with Crippen LogP contribution in [-0.2, 0) is 21.1 Å². The van der Waals surface area contributed by atoms with Crippen molar-refractivity contribution < 1.29 is 14.3 Å². The third-order valence-electron chi connectivity index (χ3n) is 6.05. The van der Waals surface area contributed by atoms with Crippen molar-refractivity contribution >= 4 is 28.6 Å². The van der Waals surface area contributed by atoms with Crippen molar-refractivity contribution in [2.24, 2.45) is 5.41 Å². The first-order chi connectivity index (χ1) is 19.0. The third kappa shape index (κ3) is 6.79. The molecule has 1 amide bonds. The van der Waals surface area contributed by atoms with Crippen LogP contribution < -0.4 is 5.32 Å². The number of hydrogen-bond acceptors (Lipinski definition) is 7. The molecule has 4 rings (SSSR count). The van der Waals surface area contributed by atoms with Gasteiger partial charge in [-0.1, -0.05) is 18.2 Å². The number of aromatic nitrogens is 3. The quantitative estimate of drug-likeness (QED) is 0.242. The number of fused-ring (bicyclic) bond motifs is 1. The van der Waals surface area contributed by atoms with E-state index < -0.39 is 5.41 Å². The lowest BCUT2D eigenvalue weighted by atomic mass is 9.98. The lowest BCUT2D eigenvalue weighted by Gasteiger charge is -2.17. The maximum absolute atomic E-state index is 12.4. The van der Waals surface area contributed by atoms with Crippen LogP contribution in [0.2, 0.25) is 0 Å². The molecule has 0 spiro atoms. The van der Waals surface area contributed by atoms with Crippen LogP contribution in [0.15, 0.2) is 73.2 Å². The predicted molar refractivity (Wildman–Crippen MR) is 155 cm³/mol. The van der Waals surface area contributed by atoms with E-state index in [0.717, 1.165) is 27.6 Å². The summed E-state index contributed by atoms with van der Waals surface area (Å²) in [5, 5.41) is 13.1. The number of hydrogen-bond donors (Lipinski definition) is 1. The summed E-state index contributed by atoms with van der Waals surface area (Å²) < 4.78 is 7.35. The second kappa shape index (κ2) is 11.9. The Kier molecular flexibility index (Phi) is 8.41. The average Bonchev–Trinajstić information content (AvgIpc) is 3.29.